The Labute approximate surface area is 145 Å². The number of halogens is 1. The van der Waals surface area contributed by atoms with E-state index in [1.54, 1.807) is 24.4 Å². The van der Waals surface area contributed by atoms with Crippen LogP contribution in [0, 0.1) is 5.82 Å². The van der Waals surface area contributed by atoms with Gasteiger partial charge < -0.3 is 15.0 Å². The lowest BCUT2D eigenvalue weighted by Crippen LogP contribution is -2.50. The Balaban J connectivity index is 1.42. The number of ether oxygens (including phenoxy) is 1. The summed E-state index contributed by atoms with van der Waals surface area (Å²) in [7, 11) is 0. The monoisotopic (exact) mass is 341 g/mol. The van der Waals surface area contributed by atoms with E-state index in [-0.39, 0.29) is 29.9 Å². The topological polar surface area (TPSA) is 54.5 Å². The molecule has 130 valence electrons. The third-order valence-corrected chi connectivity index (χ3v) is 4.96. The number of pyridine rings is 1. The molecule has 5 nitrogen and oxygen atoms in total. The highest BCUT2D eigenvalue weighted by Gasteiger charge is 2.44. The Morgan fingerprint density at radius 3 is 2.52 bits per heavy atom. The molecule has 2 unspecified atom stereocenters. The average Bonchev–Trinajstić information content (AvgIpc) is 2.89. The number of carbonyl (C=O) groups excluding carboxylic acids is 1. The Hall–Kier alpha value is -2.63. The molecule has 0 saturated carbocycles. The van der Waals surface area contributed by atoms with Crippen LogP contribution in [0.1, 0.15) is 25.7 Å². The molecule has 2 aliphatic rings. The van der Waals surface area contributed by atoms with Crippen molar-refractivity contribution in [2.75, 3.05) is 5.32 Å². The summed E-state index contributed by atoms with van der Waals surface area (Å²) >= 11 is 0. The quantitative estimate of drug-likeness (QED) is 0.923. The van der Waals surface area contributed by atoms with Crippen molar-refractivity contribution < 1.29 is 13.9 Å². The summed E-state index contributed by atoms with van der Waals surface area (Å²) in [5.74, 6) is 0.202. The van der Waals surface area contributed by atoms with Gasteiger partial charge in [-0.05, 0) is 31.0 Å². The predicted octanol–water partition coefficient (Wildman–Crippen LogP) is 3.83. The third-order valence-electron chi connectivity index (χ3n) is 4.96. The van der Waals surface area contributed by atoms with E-state index < -0.39 is 5.82 Å². The fourth-order valence-electron chi connectivity index (χ4n) is 3.88. The van der Waals surface area contributed by atoms with Gasteiger partial charge >= 0.3 is 6.03 Å². The van der Waals surface area contributed by atoms with E-state index in [2.05, 4.69) is 10.3 Å². The molecule has 2 amide bonds. The van der Waals surface area contributed by atoms with Crippen LogP contribution in [0.4, 0.5) is 14.9 Å². The molecule has 2 aromatic rings. The number of amides is 2. The molecular formula is C19H20FN3O2. The van der Waals surface area contributed by atoms with E-state index in [4.69, 9.17) is 4.74 Å². The molecule has 0 radical (unpaired) electrons. The van der Waals surface area contributed by atoms with Crippen LogP contribution in [0.5, 0.6) is 5.88 Å². The largest absolute Gasteiger partial charge is 0.474 e. The van der Waals surface area contributed by atoms with Gasteiger partial charge in [-0.1, -0.05) is 18.2 Å². The van der Waals surface area contributed by atoms with Gasteiger partial charge in [-0.3, -0.25) is 0 Å². The lowest BCUT2D eigenvalue weighted by atomic mass is 10.00. The maximum atomic E-state index is 13.8. The van der Waals surface area contributed by atoms with Crippen molar-refractivity contribution in [2.45, 2.75) is 43.9 Å². The Kier molecular flexibility index (Phi) is 4.26. The predicted molar refractivity (Wildman–Crippen MR) is 92.0 cm³/mol. The number of fused-ring (bicyclic) bond motifs is 2. The maximum Gasteiger partial charge on any atom is 0.322 e. The smallest absolute Gasteiger partial charge is 0.322 e. The van der Waals surface area contributed by atoms with E-state index in [1.807, 2.05) is 23.1 Å². The van der Waals surface area contributed by atoms with Crippen molar-refractivity contribution >= 4 is 11.7 Å². The van der Waals surface area contributed by atoms with Crippen molar-refractivity contribution in [3.8, 4) is 5.88 Å². The first-order valence-corrected chi connectivity index (χ1v) is 8.62. The normalized spacial score (nSPS) is 24.8. The average molecular weight is 341 g/mol. The second-order valence-electron chi connectivity index (χ2n) is 6.58. The molecule has 2 atom stereocenters. The van der Waals surface area contributed by atoms with Crippen LogP contribution in [0.2, 0.25) is 0 Å². The number of benzene rings is 1. The summed E-state index contributed by atoms with van der Waals surface area (Å²) < 4.78 is 19.7. The van der Waals surface area contributed by atoms with E-state index >= 15 is 0 Å². The first kappa shape index (κ1) is 15.9. The van der Waals surface area contributed by atoms with Crippen LogP contribution in [0.15, 0.2) is 48.7 Å². The molecule has 2 fully saturated rings. The molecule has 6 heteroatoms. The lowest BCUT2D eigenvalue weighted by Gasteiger charge is -2.38. The van der Waals surface area contributed by atoms with Gasteiger partial charge in [0.2, 0.25) is 5.88 Å². The van der Waals surface area contributed by atoms with Gasteiger partial charge in [0.25, 0.3) is 0 Å². The minimum absolute atomic E-state index is 0.0601. The van der Waals surface area contributed by atoms with Crippen LogP contribution in [0.3, 0.4) is 0 Å². The zero-order valence-electron chi connectivity index (χ0n) is 13.8. The second kappa shape index (κ2) is 6.70. The molecule has 1 aromatic carbocycles. The number of nitrogens with one attached hydrogen (secondary N) is 1. The first-order valence-electron chi connectivity index (χ1n) is 8.62. The molecule has 2 saturated heterocycles. The summed E-state index contributed by atoms with van der Waals surface area (Å²) in [5.41, 5.74) is 0.221. The van der Waals surface area contributed by atoms with Gasteiger partial charge in [0, 0.05) is 37.2 Å². The Morgan fingerprint density at radius 1 is 1.12 bits per heavy atom. The van der Waals surface area contributed by atoms with Gasteiger partial charge in [-0.25, -0.2) is 14.2 Å². The SMILES string of the molecule is O=C(Nc1ccccc1F)N1C2CCC1CC(Oc1ccccn1)C2. The van der Waals surface area contributed by atoms with Crippen LogP contribution in [-0.4, -0.2) is 34.1 Å². The molecule has 0 aliphatic carbocycles. The van der Waals surface area contributed by atoms with Gasteiger partial charge in [0.15, 0.2) is 0 Å². The molecule has 0 spiro atoms. The highest BCUT2D eigenvalue weighted by molar-refractivity contribution is 5.90. The van der Waals surface area contributed by atoms with E-state index in [0.29, 0.717) is 5.88 Å². The van der Waals surface area contributed by atoms with Gasteiger partial charge in [-0.15, -0.1) is 0 Å². The zero-order valence-corrected chi connectivity index (χ0v) is 13.8. The van der Waals surface area contributed by atoms with Crippen molar-refractivity contribution in [2.24, 2.45) is 0 Å². The van der Waals surface area contributed by atoms with Crippen LogP contribution >= 0.6 is 0 Å². The molecule has 1 aromatic heterocycles. The summed E-state index contributed by atoms with van der Waals surface area (Å²) in [5, 5.41) is 2.70. The standard InChI is InChI=1S/C19H20FN3O2/c20-16-5-1-2-6-17(16)22-19(24)23-13-8-9-14(23)12-15(11-13)25-18-7-3-4-10-21-18/h1-7,10,13-15H,8-9,11-12H2,(H,22,24). The van der Waals surface area contributed by atoms with Crippen molar-refractivity contribution in [1.29, 1.82) is 0 Å². The molecule has 2 bridgehead atoms. The van der Waals surface area contributed by atoms with Gasteiger partial charge in [-0.2, -0.15) is 0 Å². The van der Waals surface area contributed by atoms with E-state index in [1.165, 1.54) is 6.07 Å². The van der Waals surface area contributed by atoms with Crippen molar-refractivity contribution in [3.05, 3.63) is 54.5 Å². The number of rotatable bonds is 3. The molecule has 3 heterocycles. The number of urea groups is 1. The van der Waals surface area contributed by atoms with E-state index in [9.17, 15) is 9.18 Å². The lowest BCUT2D eigenvalue weighted by molar-refractivity contribution is 0.0704. The fraction of sp³-hybridized carbons (Fsp3) is 0.368. The summed E-state index contributed by atoms with van der Waals surface area (Å²) in [6.45, 7) is 0. The van der Waals surface area contributed by atoms with Gasteiger partial charge in [0.05, 0.1) is 5.69 Å². The fourth-order valence-corrected chi connectivity index (χ4v) is 3.88. The second-order valence-corrected chi connectivity index (χ2v) is 6.58. The maximum absolute atomic E-state index is 13.8. The summed E-state index contributed by atoms with van der Waals surface area (Å²) in [6.07, 6.45) is 5.23. The number of para-hydroxylation sites is 1. The van der Waals surface area contributed by atoms with Gasteiger partial charge in [0.1, 0.15) is 11.9 Å². The number of hydrogen-bond donors (Lipinski definition) is 1. The summed E-state index contributed by atoms with van der Waals surface area (Å²) in [4.78, 5) is 18.7. The molecular weight excluding hydrogens is 321 g/mol. The first-order chi connectivity index (χ1) is 12.2. The van der Waals surface area contributed by atoms with Crippen LogP contribution in [-0.2, 0) is 0 Å². The highest BCUT2D eigenvalue weighted by atomic mass is 19.1. The third kappa shape index (κ3) is 3.29. The minimum Gasteiger partial charge on any atom is -0.474 e. The zero-order chi connectivity index (χ0) is 17.2. The number of nitrogens with zero attached hydrogens (tertiary/aromatic N) is 2. The van der Waals surface area contributed by atoms with E-state index in [0.717, 1.165) is 25.7 Å². The number of aromatic nitrogens is 1. The molecule has 25 heavy (non-hydrogen) atoms. The number of piperidine rings is 1. The molecule has 1 N–H and O–H groups in total. The van der Waals surface area contributed by atoms with Crippen molar-refractivity contribution in [1.82, 2.24) is 9.88 Å². The Morgan fingerprint density at radius 2 is 1.84 bits per heavy atom. The molecule has 4 rings (SSSR count). The summed E-state index contributed by atoms with van der Waals surface area (Å²) in [6, 6.07) is 11.9. The van der Waals surface area contributed by atoms with Crippen LogP contribution < -0.4 is 10.1 Å². The molecule has 2 aliphatic heterocycles. The van der Waals surface area contributed by atoms with Crippen molar-refractivity contribution in [3.63, 3.8) is 0 Å². The number of anilines is 1. The van der Waals surface area contributed by atoms with Crippen LogP contribution in [0.25, 0.3) is 0 Å². The Bertz CT molecular complexity index is 741. The number of hydrogen-bond acceptors (Lipinski definition) is 3. The number of carbonyl (C=O) groups is 1. The minimum atomic E-state index is -0.420. The highest BCUT2D eigenvalue weighted by Crippen LogP contribution is 2.37.